The van der Waals surface area contributed by atoms with E-state index in [0.717, 1.165) is 10.2 Å². The van der Waals surface area contributed by atoms with Crippen molar-refractivity contribution < 1.29 is 14.4 Å². The summed E-state index contributed by atoms with van der Waals surface area (Å²) in [5.74, 6) is -0.810. The molecule has 0 atom stereocenters. The number of carbonyl (C=O) groups is 1. The van der Waals surface area contributed by atoms with Gasteiger partial charge < -0.3 is 9.63 Å². The number of aromatic carboxylic acids is 1. The van der Waals surface area contributed by atoms with E-state index in [1.807, 2.05) is 30.3 Å². The molecule has 0 spiro atoms. The third-order valence-electron chi connectivity index (χ3n) is 3.89. The number of carboxylic acids is 1. The number of hydrogen-bond acceptors (Lipinski definition) is 6. The third kappa shape index (κ3) is 2.69. The molecule has 0 aliphatic rings. The second kappa shape index (κ2) is 5.85. The molecule has 2 aromatic carbocycles. The summed E-state index contributed by atoms with van der Waals surface area (Å²) in [6.45, 7) is 0. The van der Waals surface area contributed by atoms with Crippen LogP contribution in [0.5, 0.6) is 0 Å². The Morgan fingerprint density at radius 3 is 2.38 bits per heavy atom. The van der Waals surface area contributed by atoms with E-state index in [1.165, 1.54) is 12.1 Å². The van der Waals surface area contributed by atoms with Crippen molar-refractivity contribution in [3.05, 3.63) is 80.9 Å². The van der Waals surface area contributed by atoms with Crippen LogP contribution < -0.4 is 16.5 Å². The van der Waals surface area contributed by atoms with Crippen molar-refractivity contribution in [1.29, 1.82) is 0 Å². The van der Waals surface area contributed by atoms with E-state index in [4.69, 9.17) is 4.52 Å². The van der Waals surface area contributed by atoms with Crippen LogP contribution in [0.3, 0.4) is 0 Å². The minimum Gasteiger partial charge on any atom is -0.478 e. The fourth-order valence-corrected chi connectivity index (χ4v) is 2.49. The molecule has 0 amide bonds. The fraction of sp³-hybridized carbons (Fsp3) is 0. The van der Waals surface area contributed by atoms with Crippen molar-refractivity contribution in [1.82, 2.24) is 9.83 Å². The fourth-order valence-electron chi connectivity index (χ4n) is 2.49. The smallest absolute Gasteiger partial charge is 0.340 e. The van der Waals surface area contributed by atoms with Crippen molar-refractivity contribution in [2.45, 2.75) is 0 Å². The summed E-state index contributed by atoms with van der Waals surface area (Å²) in [7, 11) is 0. The molecule has 0 saturated carbocycles. The van der Waals surface area contributed by atoms with E-state index in [0.29, 0.717) is 17.0 Å². The summed E-state index contributed by atoms with van der Waals surface area (Å²) in [5.41, 5.74) is 3.08. The predicted octanol–water partition coefficient (Wildman–Crippen LogP) is 1.98. The first kappa shape index (κ1) is 15.6. The second-order valence-corrected chi connectivity index (χ2v) is 5.57. The van der Waals surface area contributed by atoms with Crippen molar-refractivity contribution in [3.63, 3.8) is 0 Å². The van der Waals surface area contributed by atoms with Crippen LogP contribution in [0.2, 0.25) is 0 Å². The van der Waals surface area contributed by atoms with Crippen molar-refractivity contribution in [3.8, 4) is 22.6 Å². The van der Waals surface area contributed by atoms with Crippen molar-refractivity contribution in [2.75, 3.05) is 5.43 Å². The lowest BCUT2D eigenvalue weighted by Crippen LogP contribution is -2.11. The number of anilines is 1. The van der Waals surface area contributed by atoms with Crippen molar-refractivity contribution in [2.24, 2.45) is 0 Å². The molecule has 8 heteroatoms. The van der Waals surface area contributed by atoms with Gasteiger partial charge in [0.25, 0.3) is 0 Å². The Balaban J connectivity index is 1.69. The van der Waals surface area contributed by atoms with E-state index in [-0.39, 0.29) is 11.3 Å². The summed E-state index contributed by atoms with van der Waals surface area (Å²) < 4.78 is 6.06. The number of benzene rings is 2. The molecule has 128 valence electrons. The quantitative estimate of drug-likeness (QED) is 0.529. The highest BCUT2D eigenvalue weighted by Crippen LogP contribution is 2.29. The maximum atomic E-state index is 11.5. The first-order chi connectivity index (χ1) is 12.5. The molecule has 2 heterocycles. The third-order valence-corrected chi connectivity index (χ3v) is 3.89. The number of nitrogens with one attached hydrogen (secondary N) is 1. The van der Waals surface area contributed by atoms with Gasteiger partial charge in [-0.15, -0.1) is 0 Å². The molecule has 8 nitrogen and oxygen atoms in total. The van der Waals surface area contributed by atoms with E-state index in [2.05, 4.69) is 10.6 Å². The van der Waals surface area contributed by atoms with E-state index in [1.54, 1.807) is 12.1 Å². The van der Waals surface area contributed by atoms with Crippen LogP contribution in [-0.4, -0.2) is 20.9 Å². The van der Waals surface area contributed by atoms with Gasteiger partial charge in [-0.3, -0.25) is 15.0 Å². The van der Waals surface area contributed by atoms with E-state index < -0.39 is 17.1 Å². The average Bonchev–Trinajstić information content (AvgIpc) is 3.05. The second-order valence-electron chi connectivity index (χ2n) is 5.57. The van der Waals surface area contributed by atoms with Crippen LogP contribution in [0, 0.1) is 0 Å². The molecule has 0 fully saturated rings. The minimum atomic E-state index is -1.21. The number of carboxylic acid groups (broad SMARTS) is 1. The van der Waals surface area contributed by atoms with Gasteiger partial charge in [0.2, 0.25) is 0 Å². The summed E-state index contributed by atoms with van der Waals surface area (Å²) >= 11 is 0. The van der Waals surface area contributed by atoms with Crippen LogP contribution in [-0.2, 0) is 0 Å². The highest BCUT2D eigenvalue weighted by atomic mass is 16.5. The summed E-state index contributed by atoms with van der Waals surface area (Å²) in [4.78, 5) is 33.7. The highest BCUT2D eigenvalue weighted by Gasteiger charge is 2.20. The summed E-state index contributed by atoms with van der Waals surface area (Å²) in [6, 6.07) is 15.6. The monoisotopic (exact) mass is 349 g/mol. The molecule has 4 rings (SSSR count). The van der Waals surface area contributed by atoms with Gasteiger partial charge in [0.1, 0.15) is 5.69 Å². The van der Waals surface area contributed by atoms with Gasteiger partial charge in [0.05, 0.1) is 11.3 Å². The maximum Gasteiger partial charge on any atom is 0.340 e. The molecule has 2 aromatic heterocycles. The zero-order valence-corrected chi connectivity index (χ0v) is 13.2. The van der Waals surface area contributed by atoms with E-state index >= 15 is 0 Å². The SMILES string of the molecule is O=C(O)c1cc(-c2cc(-c3ccccc3)no2)ccc1Nn1c(=O)c1=O. The normalized spacial score (nSPS) is 10.9. The molecule has 0 unspecified atom stereocenters. The van der Waals surface area contributed by atoms with Gasteiger partial charge in [-0.25, -0.2) is 4.79 Å². The Labute approximate surface area is 145 Å². The highest BCUT2D eigenvalue weighted by molar-refractivity contribution is 5.95. The van der Waals surface area contributed by atoms with E-state index in [9.17, 15) is 19.5 Å². The Hall–Kier alpha value is -3.94. The first-order valence-electron chi connectivity index (χ1n) is 7.59. The van der Waals surface area contributed by atoms with Gasteiger partial charge in [-0.1, -0.05) is 35.5 Å². The van der Waals surface area contributed by atoms with Gasteiger partial charge in [-0.05, 0) is 18.2 Å². The number of rotatable bonds is 5. The van der Waals surface area contributed by atoms with Gasteiger partial charge in [0.15, 0.2) is 5.76 Å². The lowest BCUT2D eigenvalue weighted by atomic mass is 10.1. The van der Waals surface area contributed by atoms with Crippen LogP contribution in [0.15, 0.2) is 68.7 Å². The van der Waals surface area contributed by atoms with Crippen molar-refractivity contribution >= 4 is 11.7 Å². The predicted molar refractivity (Wildman–Crippen MR) is 92.7 cm³/mol. The lowest BCUT2D eigenvalue weighted by molar-refractivity contribution is 0.0698. The Morgan fingerprint density at radius 1 is 1.00 bits per heavy atom. The van der Waals surface area contributed by atoms with Crippen LogP contribution in [0.1, 0.15) is 10.4 Å². The molecule has 2 N–H and O–H groups in total. The van der Waals surface area contributed by atoms with Crippen LogP contribution in [0.4, 0.5) is 5.69 Å². The first-order valence-corrected chi connectivity index (χ1v) is 7.59. The molecular weight excluding hydrogens is 338 g/mol. The van der Waals surface area contributed by atoms with Crippen LogP contribution in [0.25, 0.3) is 22.6 Å². The average molecular weight is 349 g/mol. The molecular formula is C18H11N3O5. The largest absolute Gasteiger partial charge is 0.478 e. The molecule has 0 radical (unpaired) electrons. The zero-order valence-electron chi connectivity index (χ0n) is 13.2. The summed E-state index contributed by atoms with van der Waals surface area (Å²) in [5, 5.41) is 13.4. The Morgan fingerprint density at radius 2 is 1.73 bits per heavy atom. The Kier molecular flexibility index (Phi) is 3.51. The molecule has 26 heavy (non-hydrogen) atoms. The molecule has 4 aromatic rings. The maximum absolute atomic E-state index is 11.5. The molecule has 0 aliphatic carbocycles. The number of nitrogens with zero attached hydrogens (tertiary/aromatic N) is 2. The lowest BCUT2D eigenvalue weighted by Gasteiger charge is -2.07. The molecule has 0 aliphatic heterocycles. The van der Waals surface area contributed by atoms with Gasteiger partial charge >= 0.3 is 17.1 Å². The minimum absolute atomic E-state index is 0.104. The van der Waals surface area contributed by atoms with Gasteiger partial charge in [0, 0.05) is 17.2 Å². The van der Waals surface area contributed by atoms with Crippen LogP contribution >= 0.6 is 0 Å². The molecule has 0 saturated heterocycles. The molecule has 0 bridgehead atoms. The van der Waals surface area contributed by atoms with Gasteiger partial charge in [-0.2, -0.15) is 4.68 Å². The Bertz CT molecular complexity index is 1160. The zero-order chi connectivity index (χ0) is 18.3. The topological polar surface area (TPSA) is 114 Å². The number of aromatic nitrogens is 2. The number of hydrogen-bond donors (Lipinski definition) is 2. The standard InChI is InChI=1S/C18H11N3O5/c22-16-17(23)21(16)19-13-7-6-11(8-12(13)18(24)25)15-9-14(20-26-15)10-4-2-1-3-5-10/h1-9,19H,(H,24,25). The summed E-state index contributed by atoms with van der Waals surface area (Å²) in [6.07, 6.45) is 0.